The van der Waals surface area contributed by atoms with Crippen molar-refractivity contribution in [1.82, 2.24) is 0 Å². The zero-order valence-electron chi connectivity index (χ0n) is 16.2. The lowest BCUT2D eigenvalue weighted by molar-refractivity contribution is -0.201. The molecule has 2 atom stereocenters. The summed E-state index contributed by atoms with van der Waals surface area (Å²) in [4.78, 5) is 16.9. The van der Waals surface area contributed by atoms with Gasteiger partial charge in [0.15, 0.2) is 0 Å². The number of esters is 1. The number of ether oxygens (including phenoxy) is 1. The molecule has 0 N–H and O–H groups in total. The Morgan fingerprint density at radius 2 is 1.88 bits per heavy atom. The van der Waals surface area contributed by atoms with Crippen LogP contribution in [0.25, 0.3) is 0 Å². The van der Waals surface area contributed by atoms with Crippen molar-refractivity contribution in [1.29, 1.82) is 5.26 Å². The topological polar surface area (TPSA) is 62.5 Å². The van der Waals surface area contributed by atoms with Crippen molar-refractivity contribution in [2.45, 2.75) is 18.5 Å². The van der Waals surface area contributed by atoms with Crippen molar-refractivity contribution in [3.63, 3.8) is 0 Å². The molecule has 0 aliphatic carbocycles. The van der Waals surface area contributed by atoms with Crippen LogP contribution in [0.5, 0.6) is 0 Å². The minimum absolute atomic E-state index is 0.0155. The van der Waals surface area contributed by atoms with Gasteiger partial charge < -0.3 is 4.74 Å². The molecule has 0 bridgehead atoms. The van der Waals surface area contributed by atoms with Gasteiger partial charge in [0.2, 0.25) is 0 Å². The summed E-state index contributed by atoms with van der Waals surface area (Å²) in [6.07, 6.45) is -5.01. The molecule has 0 saturated heterocycles. The Labute approximate surface area is 195 Å². The molecule has 32 heavy (non-hydrogen) atoms. The fourth-order valence-corrected chi connectivity index (χ4v) is 4.28. The maximum atomic E-state index is 14.7. The van der Waals surface area contributed by atoms with Crippen molar-refractivity contribution in [3.05, 3.63) is 67.9 Å². The van der Waals surface area contributed by atoms with Gasteiger partial charge in [0, 0.05) is 0 Å². The lowest BCUT2D eigenvalue weighted by Gasteiger charge is -2.36. The van der Waals surface area contributed by atoms with E-state index in [2.05, 4.69) is 4.99 Å². The number of carbonyl (C=O) groups is 1. The molecule has 1 aliphatic rings. The van der Waals surface area contributed by atoms with Gasteiger partial charge in [-0.2, -0.15) is 18.4 Å². The molecule has 1 aliphatic heterocycles. The van der Waals surface area contributed by atoms with Crippen LogP contribution in [0.2, 0.25) is 15.1 Å². The first-order valence-electron chi connectivity index (χ1n) is 9.10. The summed E-state index contributed by atoms with van der Waals surface area (Å²) in [7, 11) is 0. The van der Waals surface area contributed by atoms with Crippen molar-refractivity contribution in [2.24, 2.45) is 10.9 Å². The Balaban J connectivity index is 2.29. The number of benzene rings is 2. The number of halogens is 7. The predicted octanol–water partition coefficient (Wildman–Crippen LogP) is 6.14. The summed E-state index contributed by atoms with van der Waals surface area (Å²) >= 11 is 17.9. The van der Waals surface area contributed by atoms with Crippen LogP contribution in [-0.2, 0) is 14.9 Å². The Morgan fingerprint density at radius 3 is 2.41 bits per heavy atom. The van der Waals surface area contributed by atoms with Gasteiger partial charge in [-0.3, -0.25) is 9.79 Å². The molecule has 2 unspecified atom stereocenters. The zero-order chi connectivity index (χ0) is 23.8. The molecule has 11 heteroatoms. The van der Waals surface area contributed by atoms with E-state index in [1.165, 1.54) is 6.92 Å². The number of nitriles is 1. The minimum atomic E-state index is -5.01. The van der Waals surface area contributed by atoms with Crippen molar-refractivity contribution >= 4 is 46.5 Å². The molecule has 3 rings (SSSR count). The first kappa shape index (κ1) is 24.3. The summed E-state index contributed by atoms with van der Waals surface area (Å²) in [5.74, 6) is -4.01. The third-order valence-corrected chi connectivity index (χ3v) is 6.37. The molecule has 4 nitrogen and oxygen atoms in total. The summed E-state index contributed by atoms with van der Waals surface area (Å²) in [5.41, 5.74) is -4.02. The first-order valence-corrected chi connectivity index (χ1v) is 10.2. The number of hydrogen-bond acceptors (Lipinski definition) is 4. The normalized spacial score (nSPS) is 20.6. The lowest BCUT2D eigenvalue weighted by atomic mass is 9.68. The number of alkyl halides is 3. The van der Waals surface area contributed by atoms with Gasteiger partial charge in [0.1, 0.15) is 23.2 Å². The largest absolute Gasteiger partial charge is 0.465 e. The molecular formula is C21H13Cl3F4N2O2. The molecular weight excluding hydrogens is 495 g/mol. The van der Waals surface area contributed by atoms with Crippen LogP contribution >= 0.6 is 34.8 Å². The Morgan fingerprint density at radius 1 is 1.25 bits per heavy atom. The van der Waals surface area contributed by atoms with Gasteiger partial charge in [-0.05, 0) is 42.3 Å². The van der Waals surface area contributed by atoms with Gasteiger partial charge >= 0.3 is 12.1 Å². The molecule has 0 radical (unpaired) electrons. The standard InChI is InChI=1S/C21H13Cl3F4N2O2/c1-2-32-19(31)16-18(10-3-4-15(25)11(5-10)8-29)30-9-20(16,21(26,27)28)12-6-13(22)17(24)14(23)7-12/h3-7,16H,2,9H2,1H3. The van der Waals surface area contributed by atoms with Gasteiger partial charge in [0.05, 0.1) is 39.5 Å². The number of carbonyl (C=O) groups excluding carboxylic acids is 1. The second-order valence-corrected chi connectivity index (χ2v) is 8.11. The molecule has 168 valence electrons. The monoisotopic (exact) mass is 506 g/mol. The van der Waals surface area contributed by atoms with E-state index < -0.39 is 47.0 Å². The van der Waals surface area contributed by atoms with Gasteiger partial charge in [-0.1, -0.05) is 40.9 Å². The summed E-state index contributed by atoms with van der Waals surface area (Å²) in [6, 6.07) is 6.69. The van der Waals surface area contributed by atoms with E-state index in [0.717, 1.165) is 30.3 Å². The first-order chi connectivity index (χ1) is 15.0. The molecule has 0 aromatic heterocycles. The predicted molar refractivity (Wildman–Crippen MR) is 112 cm³/mol. The number of hydrogen-bond donors (Lipinski definition) is 0. The van der Waals surface area contributed by atoms with E-state index in [0.29, 0.717) is 0 Å². The average molecular weight is 508 g/mol. The van der Waals surface area contributed by atoms with E-state index in [9.17, 15) is 22.4 Å². The van der Waals surface area contributed by atoms with Crippen molar-refractivity contribution < 1.29 is 27.1 Å². The number of rotatable bonds is 4. The fraction of sp³-hybridized carbons (Fsp3) is 0.286. The van der Waals surface area contributed by atoms with Crippen LogP contribution < -0.4 is 0 Å². The highest BCUT2D eigenvalue weighted by Crippen LogP contribution is 2.53. The minimum Gasteiger partial charge on any atom is -0.465 e. The Bertz CT molecular complexity index is 1140. The Hall–Kier alpha value is -2.34. The second kappa shape index (κ2) is 8.89. The quantitative estimate of drug-likeness (QED) is 0.284. The number of aliphatic imine (C=N–C) groups is 1. The summed E-state index contributed by atoms with van der Waals surface area (Å²) in [6.45, 7) is 0.370. The van der Waals surface area contributed by atoms with E-state index in [1.807, 2.05) is 0 Å². The van der Waals surface area contributed by atoms with Crippen molar-refractivity contribution in [3.8, 4) is 6.07 Å². The second-order valence-electron chi connectivity index (χ2n) is 6.92. The number of nitrogens with zero attached hydrogens (tertiary/aromatic N) is 2. The Kier molecular flexibility index (Phi) is 6.75. The van der Waals surface area contributed by atoms with Gasteiger partial charge in [0.25, 0.3) is 0 Å². The highest BCUT2D eigenvalue weighted by Gasteiger charge is 2.67. The van der Waals surface area contributed by atoms with Crippen LogP contribution in [0, 0.1) is 23.1 Å². The van der Waals surface area contributed by atoms with Crippen LogP contribution in [0.1, 0.15) is 23.6 Å². The van der Waals surface area contributed by atoms with Crippen LogP contribution in [0.3, 0.4) is 0 Å². The highest BCUT2D eigenvalue weighted by molar-refractivity contribution is 6.48. The van der Waals surface area contributed by atoms with E-state index >= 15 is 0 Å². The van der Waals surface area contributed by atoms with Gasteiger partial charge in [-0.15, -0.1) is 0 Å². The smallest absolute Gasteiger partial charge is 0.401 e. The summed E-state index contributed by atoms with van der Waals surface area (Å²) < 4.78 is 62.9. The SMILES string of the molecule is CCOC(=O)C1C(c2ccc(F)c(C#N)c2)=NCC1(c1cc(Cl)c(Cl)c(Cl)c1)C(F)(F)F. The van der Waals surface area contributed by atoms with E-state index in [-0.39, 0.29) is 32.9 Å². The molecule has 1 heterocycles. The van der Waals surface area contributed by atoms with E-state index in [1.54, 1.807) is 6.07 Å². The molecule has 0 spiro atoms. The lowest BCUT2D eigenvalue weighted by Crippen LogP contribution is -2.53. The van der Waals surface area contributed by atoms with Gasteiger partial charge in [-0.25, -0.2) is 4.39 Å². The van der Waals surface area contributed by atoms with E-state index in [4.69, 9.17) is 44.8 Å². The molecule has 2 aromatic carbocycles. The van der Waals surface area contributed by atoms with Crippen LogP contribution in [0.15, 0.2) is 35.3 Å². The fourth-order valence-electron chi connectivity index (χ4n) is 3.68. The van der Waals surface area contributed by atoms with Crippen molar-refractivity contribution in [2.75, 3.05) is 13.2 Å². The molecule has 0 amide bonds. The maximum Gasteiger partial charge on any atom is 0.401 e. The van der Waals surface area contributed by atoms with Crippen LogP contribution in [-0.4, -0.2) is 31.0 Å². The molecule has 0 fully saturated rings. The summed E-state index contributed by atoms with van der Waals surface area (Å²) in [5, 5.41) is 8.49. The molecule has 0 saturated carbocycles. The molecule has 2 aromatic rings. The van der Waals surface area contributed by atoms with Crippen LogP contribution in [0.4, 0.5) is 17.6 Å². The zero-order valence-corrected chi connectivity index (χ0v) is 18.5. The highest BCUT2D eigenvalue weighted by atomic mass is 35.5. The average Bonchev–Trinajstić information content (AvgIpc) is 3.14. The maximum absolute atomic E-state index is 14.7. The third-order valence-electron chi connectivity index (χ3n) is 5.17. The third kappa shape index (κ3) is 3.94.